The van der Waals surface area contributed by atoms with Crippen molar-refractivity contribution < 1.29 is 0 Å². The Bertz CT molecular complexity index is 132. The molecular formula is C9H20IN. The summed E-state index contributed by atoms with van der Waals surface area (Å²) in [5.41, 5.74) is 0.625. The molecule has 0 aliphatic carbocycles. The van der Waals surface area contributed by atoms with E-state index in [0.29, 0.717) is 5.41 Å². The fraction of sp³-hybridized carbons (Fsp3) is 1.00. The quantitative estimate of drug-likeness (QED) is 0.568. The molecular weight excluding hydrogens is 249 g/mol. The molecule has 1 fully saturated rings. The summed E-state index contributed by atoms with van der Waals surface area (Å²) in [5, 5.41) is 3.51. The maximum absolute atomic E-state index is 3.51. The van der Waals surface area contributed by atoms with Gasteiger partial charge < -0.3 is 0 Å². The van der Waals surface area contributed by atoms with Gasteiger partial charge in [0, 0.05) is 0 Å². The van der Waals surface area contributed by atoms with E-state index in [1.807, 2.05) is 0 Å². The first kappa shape index (κ1) is 9.78. The Kier molecular flexibility index (Phi) is 3.20. The first-order chi connectivity index (χ1) is 5.04. The average molecular weight is 269 g/mol. The molecule has 1 saturated heterocycles. The van der Waals surface area contributed by atoms with E-state index in [4.69, 9.17) is 0 Å². The van der Waals surface area contributed by atoms with Crippen LogP contribution in [0.25, 0.3) is 0 Å². The summed E-state index contributed by atoms with van der Waals surface area (Å²) in [7, 11) is 0. The van der Waals surface area contributed by atoms with E-state index >= 15 is 0 Å². The van der Waals surface area contributed by atoms with Crippen LogP contribution in [0.5, 0.6) is 0 Å². The number of hydrogen-bond acceptors (Lipinski definition) is 1. The third-order valence-corrected chi connectivity index (χ3v) is 7.78. The number of alkyl halides is 3. The van der Waals surface area contributed by atoms with E-state index in [1.54, 1.807) is 0 Å². The SMILES string of the molecule is CI(C)C1CNCCC1(C)C. The molecule has 1 rings (SSSR count). The molecule has 0 aromatic carbocycles. The van der Waals surface area contributed by atoms with Crippen LogP contribution < -0.4 is 5.32 Å². The Hall–Kier alpha value is 0.690. The Labute approximate surface area is 77.7 Å². The van der Waals surface area contributed by atoms with E-state index in [-0.39, 0.29) is 0 Å². The minimum atomic E-state index is -0.600. The van der Waals surface area contributed by atoms with Crippen molar-refractivity contribution in [1.29, 1.82) is 0 Å². The number of rotatable bonds is 1. The summed E-state index contributed by atoms with van der Waals surface area (Å²) in [4.78, 5) is 4.98. The van der Waals surface area contributed by atoms with Gasteiger partial charge in [0.2, 0.25) is 0 Å². The fourth-order valence-electron chi connectivity index (χ4n) is 1.82. The summed E-state index contributed by atoms with van der Waals surface area (Å²) in [6, 6.07) is 0. The monoisotopic (exact) mass is 269 g/mol. The van der Waals surface area contributed by atoms with Crippen molar-refractivity contribution in [2.24, 2.45) is 5.41 Å². The third kappa shape index (κ3) is 2.31. The molecule has 1 unspecified atom stereocenters. The zero-order chi connectivity index (χ0) is 8.48. The summed E-state index contributed by atoms with van der Waals surface area (Å²) >= 11 is -0.600. The van der Waals surface area contributed by atoms with Crippen molar-refractivity contribution in [2.45, 2.75) is 24.2 Å². The normalized spacial score (nSPS) is 31.6. The minimum absolute atomic E-state index is 0.600. The second kappa shape index (κ2) is 3.60. The van der Waals surface area contributed by atoms with Gasteiger partial charge in [0.15, 0.2) is 0 Å². The van der Waals surface area contributed by atoms with Gasteiger partial charge in [-0.05, 0) is 0 Å². The predicted octanol–water partition coefficient (Wildman–Crippen LogP) is 2.14. The Morgan fingerprint density at radius 3 is 2.36 bits per heavy atom. The zero-order valence-electron chi connectivity index (χ0n) is 8.08. The second-order valence-electron chi connectivity index (χ2n) is 4.22. The Balaban J connectivity index is 2.60. The summed E-state index contributed by atoms with van der Waals surface area (Å²) in [6.07, 6.45) is 1.37. The molecule has 0 spiro atoms. The van der Waals surface area contributed by atoms with Crippen LogP contribution in [0.4, 0.5) is 0 Å². The van der Waals surface area contributed by atoms with Gasteiger partial charge in [0.05, 0.1) is 0 Å². The molecule has 1 atom stereocenters. The molecule has 0 aromatic rings. The van der Waals surface area contributed by atoms with Crippen LogP contribution in [0, 0.1) is 5.41 Å². The number of halogens is 1. The Morgan fingerprint density at radius 2 is 2.00 bits per heavy atom. The molecule has 0 aromatic heterocycles. The van der Waals surface area contributed by atoms with E-state index in [0.717, 1.165) is 3.92 Å². The van der Waals surface area contributed by atoms with Crippen molar-refractivity contribution in [1.82, 2.24) is 5.32 Å². The van der Waals surface area contributed by atoms with Crippen LogP contribution in [-0.4, -0.2) is 26.9 Å². The van der Waals surface area contributed by atoms with Crippen LogP contribution in [0.15, 0.2) is 0 Å². The van der Waals surface area contributed by atoms with E-state index < -0.39 is 19.8 Å². The standard InChI is InChI=1S/C9H20IN/c1-9(2)5-6-11-7-8(9)10(3)4/h8,11H,5-7H2,1-4H3. The van der Waals surface area contributed by atoms with E-state index in [9.17, 15) is 0 Å². The summed E-state index contributed by atoms with van der Waals surface area (Å²) in [6.45, 7) is 7.39. The van der Waals surface area contributed by atoms with Gasteiger partial charge in [-0.15, -0.1) is 0 Å². The third-order valence-electron chi connectivity index (χ3n) is 2.64. The number of hydrogen-bond donors (Lipinski definition) is 1. The molecule has 0 bridgehead atoms. The van der Waals surface area contributed by atoms with Crippen molar-refractivity contribution in [2.75, 3.05) is 23.0 Å². The van der Waals surface area contributed by atoms with E-state index in [1.165, 1.54) is 19.5 Å². The van der Waals surface area contributed by atoms with Gasteiger partial charge >= 0.3 is 77.7 Å². The molecule has 1 aliphatic rings. The molecule has 68 valence electrons. The zero-order valence-corrected chi connectivity index (χ0v) is 10.2. The van der Waals surface area contributed by atoms with Crippen molar-refractivity contribution in [3.8, 4) is 0 Å². The fourth-order valence-corrected chi connectivity index (χ4v) is 6.69. The number of nitrogens with one attached hydrogen (secondary N) is 1. The number of piperidine rings is 1. The first-order valence-corrected chi connectivity index (χ1v) is 9.79. The van der Waals surface area contributed by atoms with Gasteiger partial charge in [-0.1, -0.05) is 0 Å². The van der Waals surface area contributed by atoms with Gasteiger partial charge in [-0.2, -0.15) is 0 Å². The Morgan fingerprint density at radius 1 is 1.36 bits per heavy atom. The first-order valence-electron chi connectivity index (χ1n) is 4.23. The molecule has 2 heteroatoms. The van der Waals surface area contributed by atoms with Gasteiger partial charge in [-0.3, -0.25) is 0 Å². The molecule has 1 aliphatic heterocycles. The van der Waals surface area contributed by atoms with Crippen molar-refractivity contribution in [3.63, 3.8) is 0 Å². The molecule has 0 radical (unpaired) electrons. The average Bonchev–Trinajstić information content (AvgIpc) is 1.85. The van der Waals surface area contributed by atoms with Crippen molar-refractivity contribution >= 4 is 19.8 Å². The maximum atomic E-state index is 3.51. The molecule has 0 amide bonds. The van der Waals surface area contributed by atoms with Crippen LogP contribution in [0.3, 0.4) is 0 Å². The van der Waals surface area contributed by atoms with E-state index in [2.05, 4.69) is 29.0 Å². The predicted molar refractivity (Wildman–Crippen MR) is 60.9 cm³/mol. The van der Waals surface area contributed by atoms with Crippen LogP contribution in [0.2, 0.25) is 0 Å². The molecule has 0 saturated carbocycles. The summed E-state index contributed by atoms with van der Waals surface area (Å²) in [5.74, 6) is 0. The van der Waals surface area contributed by atoms with Crippen LogP contribution in [-0.2, 0) is 0 Å². The van der Waals surface area contributed by atoms with Gasteiger partial charge in [0.25, 0.3) is 0 Å². The van der Waals surface area contributed by atoms with Gasteiger partial charge in [0.1, 0.15) is 0 Å². The molecule has 1 N–H and O–H groups in total. The summed E-state index contributed by atoms with van der Waals surface area (Å²) < 4.78 is 1.01. The van der Waals surface area contributed by atoms with Crippen LogP contribution in [0.1, 0.15) is 20.3 Å². The second-order valence-corrected chi connectivity index (χ2v) is 10.4. The van der Waals surface area contributed by atoms with Crippen molar-refractivity contribution in [3.05, 3.63) is 0 Å². The van der Waals surface area contributed by atoms with Gasteiger partial charge in [-0.25, -0.2) is 0 Å². The molecule has 1 nitrogen and oxygen atoms in total. The topological polar surface area (TPSA) is 12.0 Å². The molecule has 1 heterocycles. The van der Waals surface area contributed by atoms with Crippen LogP contribution >= 0.6 is 19.8 Å². The molecule has 11 heavy (non-hydrogen) atoms.